The number of aryl methyl sites for hydroxylation is 2. The quantitative estimate of drug-likeness (QED) is 0.874. The molecule has 0 spiro atoms. The van der Waals surface area contributed by atoms with Gasteiger partial charge in [0, 0.05) is 12.1 Å². The minimum Gasteiger partial charge on any atom is -0.353 e. The summed E-state index contributed by atoms with van der Waals surface area (Å²) >= 11 is 0. The predicted molar refractivity (Wildman–Crippen MR) is 87.5 cm³/mol. The molecule has 1 aliphatic rings. The van der Waals surface area contributed by atoms with Gasteiger partial charge in [-0.1, -0.05) is 30.7 Å². The fourth-order valence-corrected chi connectivity index (χ4v) is 3.17. The summed E-state index contributed by atoms with van der Waals surface area (Å²) in [7, 11) is 0. The molecule has 1 aromatic rings. The first kappa shape index (κ1) is 16.0. The van der Waals surface area contributed by atoms with Gasteiger partial charge in [-0.25, -0.2) is 0 Å². The Hall–Kier alpha value is -1.35. The van der Waals surface area contributed by atoms with Gasteiger partial charge in [0.15, 0.2) is 0 Å². The summed E-state index contributed by atoms with van der Waals surface area (Å²) in [6.45, 7) is 7.33. The van der Waals surface area contributed by atoms with Crippen LogP contribution in [0.3, 0.4) is 0 Å². The number of carbonyl (C=O) groups excluding carboxylic acids is 1. The van der Waals surface area contributed by atoms with E-state index in [0.29, 0.717) is 18.5 Å². The van der Waals surface area contributed by atoms with Crippen LogP contribution in [0.25, 0.3) is 0 Å². The highest BCUT2D eigenvalue weighted by Crippen LogP contribution is 2.19. The molecule has 21 heavy (non-hydrogen) atoms. The molecule has 0 aliphatic heterocycles. The molecule has 2 rings (SSSR count). The highest BCUT2D eigenvalue weighted by Gasteiger charge is 2.21. The van der Waals surface area contributed by atoms with Crippen LogP contribution in [0.5, 0.6) is 0 Å². The Morgan fingerprint density at radius 1 is 1.14 bits per heavy atom. The van der Waals surface area contributed by atoms with Gasteiger partial charge in [-0.3, -0.25) is 4.79 Å². The first-order chi connectivity index (χ1) is 10.1. The van der Waals surface area contributed by atoms with Crippen molar-refractivity contribution in [3.63, 3.8) is 0 Å². The van der Waals surface area contributed by atoms with Gasteiger partial charge in [-0.2, -0.15) is 0 Å². The second kappa shape index (κ2) is 7.60. The van der Waals surface area contributed by atoms with Crippen molar-refractivity contribution in [1.82, 2.24) is 10.6 Å². The van der Waals surface area contributed by atoms with Gasteiger partial charge < -0.3 is 10.6 Å². The van der Waals surface area contributed by atoms with Crippen molar-refractivity contribution in [1.29, 1.82) is 0 Å². The van der Waals surface area contributed by atoms with E-state index in [0.717, 1.165) is 24.9 Å². The minimum absolute atomic E-state index is 0.163. The van der Waals surface area contributed by atoms with Crippen LogP contribution in [0.15, 0.2) is 18.2 Å². The summed E-state index contributed by atoms with van der Waals surface area (Å²) in [6, 6.07) is 7.31. The third kappa shape index (κ3) is 4.85. The molecule has 0 aromatic heterocycles. The van der Waals surface area contributed by atoms with Crippen molar-refractivity contribution in [2.75, 3.05) is 6.54 Å². The smallest absolute Gasteiger partial charge is 0.224 e. The minimum atomic E-state index is 0.163. The number of hydrogen-bond acceptors (Lipinski definition) is 2. The van der Waals surface area contributed by atoms with E-state index >= 15 is 0 Å². The van der Waals surface area contributed by atoms with Crippen molar-refractivity contribution in [2.24, 2.45) is 0 Å². The lowest BCUT2D eigenvalue weighted by Gasteiger charge is -2.29. The van der Waals surface area contributed by atoms with Crippen LogP contribution in [0.2, 0.25) is 0 Å². The summed E-state index contributed by atoms with van der Waals surface area (Å²) < 4.78 is 0. The van der Waals surface area contributed by atoms with Gasteiger partial charge >= 0.3 is 0 Å². The average Bonchev–Trinajstić information content (AvgIpc) is 2.45. The predicted octanol–water partition coefficient (Wildman–Crippen LogP) is 2.88. The van der Waals surface area contributed by atoms with Crippen molar-refractivity contribution in [3.8, 4) is 0 Å². The second-order valence-electron chi connectivity index (χ2n) is 6.28. The molecule has 1 amide bonds. The standard InChI is InChI=1S/C18H28N2O/c1-4-19-16-7-9-17(10-8-16)20-18(21)12-15-11-13(2)5-6-14(15)3/h5-6,11,16-17,19H,4,7-10,12H2,1-3H3,(H,20,21). The Kier molecular flexibility index (Phi) is 5.80. The lowest BCUT2D eigenvalue weighted by atomic mass is 9.91. The summed E-state index contributed by atoms with van der Waals surface area (Å²) in [5.74, 6) is 0.163. The zero-order chi connectivity index (χ0) is 15.2. The van der Waals surface area contributed by atoms with Crippen LogP contribution < -0.4 is 10.6 Å². The fraction of sp³-hybridized carbons (Fsp3) is 0.611. The van der Waals surface area contributed by atoms with Crippen LogP contribution in [-0.4, -0.2) is 24.5 Å². The Labute approximate surface area is 128 Å². The highest BCUT2D eigenvalue weighted by atomic mass is 16.1. The maximum absolute atomic E-state index is 12.2. The van der Waals surface area contributed by atoms with Gasteiger partial charge in [-0.05, 0) is 57.2 Å². The topological polar surface area (TPSA) is 41.1 Å². The molecule has 0 unspecified atom stereocenters. The lowest BCUT2D eigenvalue weighted by Crippen LogP contribution is -2.42. The molecule has 0 atom stereocenters. The molecule has 0 radical (unpaired) electrons. The first-order valence-corrected chi connectivity index (χ1v) is 8.17. The number of carbonyl (C=O) groups is 1. The maximum atomic E-state index is 12.2. The largest absolute Gasteiger partial charge is 0.353 e. The Balaban J connectivity index is 1.81. The Morgan fingerprint density at radius 3 is 2.48 bits per heavy atom. The number of benzene rings is 1. The summed E-state index contributed by atoms with van der Waals surface area (Å²) in [5, 5.41) is 6.71. The molecule has 1 aromatic carbocycles. The summed E-state index contributed by atoms with van der Waals surface area (Å²) in [4.78, 5) is 12.2. The Bertz CT molecular complexity index is 476. The van der Waals surface area contributed by atoms with Crippen molar-refractivity contribution in [2.45, 2.75) is 65.0 Å². The molecule has 0 saturated heterocycles. The molecule has 1 saturated carbocycles. The van der Waals surface area contributed by atoms with Crippen molar-refractivity contribution in [3.05, 3.63) is 34.9 Å². The second-order valence-corrected chi connectivity index (χ2v) is 6.28. The molecule has 1 aliphatic carbocycles. The van der Waals surface area contributed by atoms with Gasteiger partial charge in [-0.15, -0.1) is 0 Å². The van der Waals surface area contributed by atoms with E-state index in [-0.39, 0.29) is 5.91 Å². The van der Waals surface area contributed by atoms with E-state index in [2.05, 4.69) is 49.6 Å². The van der Waals surface area contributed by atoms with Gasteiger partial charge in [0.25, 0.3) is 0 Å². The maximum Gasteiger partial charge on any atom is 0.224 e. The summed E-state index contributed by atoms with van der Waals surface area (Å²) in [5.41, 5.74) is 3.56. The third-order valence-corrected chi connectivity index (χ3v) is 4.44. The first-order valence-electron chi connectivity index (χ1n) is 8.17. The zero-order valence-corrected chi connectivity index (χ0v) is 13.5. The van der Waals surface area contributed by atoms with Crippen LogP contribution in [0, 0.1) is 13.8 Å². The number of rotatable bonds is 5. The third-order valence-electron chi connectivity index (χ3n) is 4.44. The average molecular weight is 288 g/mol. The van der Waals surface area contributed by atoms with E-state index in [9.17, 15) is 4.79 Å². The van der Waals surface area contributed by atoms with Crippen LogP contribution >= 0.6 is 0 Å². The molecule has 116 valence electrons. The van der Waals surface area contributed by atoms with Gasteiger partial charge in [0.1, 0.15) is 0 Å². The van der Waals surface area contributed by atoms with Crippen LogP contribution in [-0.2, 0) is 11.2 Å². The van der Waals surface area contributed by atoms with E-state index < -0.39 is 0 Å². The van der Waals surface area contributed by atoms with Crippen molar-refractivity contribution >= 4 is 5.91 Å². The van der Waals surface area contributed by atoms with E-state index in [1.165, 1.54) is 24.0 Å². The monoisotopic (exact) mass is 288 g/mol. The normalized spacial score (nSPS) is 22.0. The molecule has 0 bridgehead atoms. The fourth-order valence-electron chi connectivity index (χ4n) is 3.17. The SMILES string of the molecule is CCNC1CCC(NC(=O)Cc2cc(C)ccc2C)CC1. The molecule has 2 N–H and O–H groups in total. The van der Waals surface area contributed by atoms with E-state index in [4.69, 9.17) is 0 Å². The highest BCUT2D eigenvalue weighted by molar-refractivity contribution is 5.79. The molecule has 1 fully saturated rings. The molecular formula is C18H28N2O. The summed E-state index contributed by atoms with van der Waals surface area (Å²) in [6.07, 6.45) is 5.03. The number of amides is 1. The van der Waals surface area contributed by atoms with E-state index in [1.807, 2.05) is 0 Å². The van der Waals surface area contributed by atoms with Crippen molar-refractivity contribution < 1.29 is 4.79 Å². The number of hydrogen-bond donors (Lipinski definition) is 2. The molecule has 3 heteroatoms. The number of nitrogens with one attached hydrogen (secondary N) is 2. The van der Waals surface area contributed by atoms with Gasteiger partial charge in [0.05, 0.1) is 6.42 Å². The van der Waals surface area contributed by atoms with Gasteiger partial charge in [0.2, 0.25) is 5.91 Å². The molecular weight excluding hydrogens is 260 g/mol. The zero-order valence-electron chi connectivity index (χ0n) is 13.5. The molecule has 3 nitrogen and oxygen atoms in total. The van der Waals surface area contributed by atoms with E-state index in [1.54, 1.807) is 0 Å². The Morgan fingerprint density at radius 2 is 1.81 bits per heavy atom. The van der Waals surface area contributed by atoms with Crippen LogP contribution in [0.1, 0.15) is 49.3 Å². The lowest BCUT2D eigenvalue weighted by molar-refractivity contribution is -0.121. The van der Waals surface area contributed by atoms with Crippen LogP contribution in [0.4, 0.5) is 0 Å². The molecule has 0 heterocycles.